The zero-order chi connectivity index (χ0) is 12.9. The largest absolute Gasteiger partial charge is 0.319 e. The molecule has 2 aliphatic rings. The molecule has 2 fully saturated rings. The minimum absolute atomic E-state index is 0.309. The second-order valence-electron chi connectivity index (χ2n) is 6.65. The molecule has 100 valence electrons. The Morgan fingerprint density at radius 2 is 2.11 bits per heavy atom. The molecule has 0 aromatic carbocycles. The van der Waals surface area contributed by atoms with Crippen molar-refractivity contribution in [3.05, 3.63) is 12.2 Å². The van der Waals surface area contributed by atoms with Gasteiger partial charge >= 0.3 is 0 Å². The maximum Gasteiger partial charge on any atom is 0.149 e. The number of hydrogen-bond donors (Lipinski definition) is 1. The quantitative estimate of drug-likeness (QED) is 0.869. The van der Waals surface area contributed by atoms with E-state index in [-0.39, 0.29) is 0 Å². The maximum atomic E-state index is 4.27. The van der Waals surface area contributed by atoms with Crippen LogP contribution in [0.4, 0.5) is 0 Å². The van der Waals surface area contributed by atoms with E-state index in [4.69, 9.17) is 0 Å². The molecule has 0 aliphatic heterocycles. The number of aryl methyl sites for hydroxylation is 1. The molecule has 1 N–H and O–H groups in total. The second kappa shape index (κ2) is 4.05. The van der Waals surface area contributed by atoms with Crippen LogP contribution < -0.4 is 5.32 Å². The molecule has 1 spiro atoms. The van der Waals surface area contributed by atoms with Crippen LogP contribution in [0.5, 0.6) is 0 Å². The third-order valence-corrected chi connectivity index (χ3v) is 4.88. The maximum absolute atomic E-state index is 4.27. The summed E-state index contributed by atoms with van der Waals surface area (Å²) in [4.78, 5) is 0. The zero-order valence-corrected chi connectivity index (χ0v) is 11.8. The minimum atomic E-state index is 0.309. The SMILES string of the molecule is CC(C)C(NC(C)C1CC12CC2)c1nncn1C. The van der Waals surface area contributed by atoms with Gasteiger partial charge in [-0.1, -0.05) is 13.8 Å². The van der Waals surface area contributed by atoms with E-state index in [0.29, 0.717) is 18.0 Å². The van der Waals surface area contributed by atoms with E-state index in [2.05, 4.69) is 36.3 Å². The number of nitrogens with zero attached hydrogens (tertiary/aromatic N) is 3. The van der Waals surface area contributed by atoms with Gasteiger partial charge in [-0.25, -0.2) is 0 Å². The van der Waals surface area contributed by atoms with Crippen molar-refractivity contribution >= 4 is 0 Å². The Balaban J connectivity index is 1.69. The van der Waals surface area contributed by atoms with Gasteiger partial charge in [-0.2, -0.15) is 0 Å². The first-order valence-electron chi connectivity index (χ1n) is 7.13. The van der Waals surface area contributed by atoms with Crippen LogP contribution in [0.1, 0.15) is 51.9 Å². The number of nitrogens with one attached hydrogen (secondary N) is 1. The van der Waals surface area contributed by atoms with Gasteiger partial charge in [0.15, 0.2) is 0 Å². The van der Waals surface area contributed by atoms with E-state index >= 15 is 0 Å². The third-order valence-electron chi connectivity index (χ3n) is 4.88. The van der Waals surface area contributed by atoms with Crippen LogP contribution in [0.2, 0.25) is 0 Å². The van der Waals surface area contributed by atoms with Crippen molar-refractivity contribution in [1.29, 1.82) is 0 Å². The van der Waals surface area contributed by atoms with Crippen LogP contribution in [0.25, 0.3) is 0 Å². The molecule has 0 amide bonds. The number of rotatable bonds is 5. The van der Waals surface area contributed by atoms with Gasteiger partial charge in [0, 0.05) is 13.1 Å². The Kier molecular flexibility index (Phi) is 2.73. The fraction of sp³-hybridized carbons (Fsp3) is 0.857. The molecule has 2 saturated carbocycles. The molecule has 0 saturated heterocycles. The fourth-order valence-corrected chi connectivity index (χ4v) is 3.36. The third kappa shape index (κ3) is 1.96. The topological polar surface area (TPSA) is 42.7 Å². The van der Waals surface area contributed by atoms with Gasteiger partial charge in [-0.05, 0) is 43.4 Å². The molecule has 1 aromatic rings. The van der Waals surface area contributed by atoms with Crippen molar-refractivity contribution in [3.63, 3.8) is 0 Å². The first-order chi connectivity index (χ1) is 8.53. The summed E-state index contributed by atoms with van der Waals surface area (Å²) in [5, 5.41) is 12.1. The lowest BCUT2D eigenvalue weighted by molar-refractivity contribution is 0.324. The first kappa shape index (κ1) is 12.2. The predicted octanol–water partition coefficient (Wildman–Crippen LogP) is 2.29. The Morgan fingerprint density at radius 3 is 2.56 bits per heavy atom. The average Bonchev–Trinajstić information content (AvgIpc) is 3.21. The Morgan fingerprint density at radius 1 is 1.39 bits per heavy atom. The van der Waals surface area contributed by atoms with Crippen molar-refractivity contribution in [2.24, 2.45) is 24.3 Å². The molecular weight excluding hydrogens is 224 g/mol. The van der Waals surface area contributed by atoms with Crippen molar-refractivity contribution in [2.75, 3.05) is 0 Å². The van der Waals surface area contributed by atoms with Gasteiger partial charge in [0.25, 0.3) is 0 Å². The second-order valence-corrected chi connectivity index (χ2v) is 6.65. The van der Waals surface area contributed by atoms with Gasteiger partial charge in [0.05, 0.1) is 6.04 Å². The molecule has 0 bridgehead atoms. The number of aromatic nitrogens is 3. The highest BCUT2D eigenvalue weighted by atomic mass is 15.3. The summed E-state index contributed by atoms with van der Waals surface area (Å²) in [7, 11) is 2.02. The molecule has 4 heteroatoms. The lowest BCUT2D eigenvalue weighted by Gasteiger charge is -2.26. The molecule has 3 atom stereocenters. The lowest BCUT2D eigenvalue weighted by Crippen LogP contribution is -2.36. The highest BCUT2D eigenvalue weighted by Gasteiger charge is 2.64. The summed E-state index contributed by atoms with van der Waals surface area (Å²) in [6.45, 7) is 6.83. The number of hydrogen-bond acceptors (Lipinski definition) is 3. The first-order valence-corrected chi connectivity index (χ1v) is 7.13. The molecule has 4 nitrogen and oxygen atoms in total. The highest BCUT2D eigenvalue weighted by Crippen LogP contribution is 2.71. The Bertz CT molecular complexity index is 433. The van der Waals surface area contributed by atoms with E-state index in [1.165, 1.54) is 19.3 Å². The van der Waals surface area contributed by atoms with Gasteiger partial charge < -0.3 is 9.88 Å². The monoisotopic (exact) mass is 248 g/mol. The Labute approximate surface area is 109 Å². The molecule has 0 radical (unpaired) electrons. The van der Waals surface area contributed by atoms with Gasteiger partial charge in [0.1, 0.15) is 12.2 Å². The van der Waals surface area contributed by atoms with E-state index in [1.54, 1.807) is 6.33 Å². The van der Waals surface area contributed by atoms with Gasteiger partial charge in [-0.3, -0.25) is 0 Å². The smallest absolute Gasteiger partial charge is 0.149 e. The van der Waals surface area contributed by atoms with Crippen molar-refractivity contribution < 1.29 is 0 Å². The van der Waals surface area contributed by atoms with E-state index < -0.39 is 0 Å². The standard InChI is InChI=1S/C14H24N4/c1-9(2)12(13-17-15-8-18(13)4)16-10(3)11-7-14(11)5-6-14/h8-12,16H,5-7H2,1-4H3. The normalized spacial score (nSPS) is 27.5. The molecule has 2 aliphatic carbocycles. The molecular formula is C14H24N4. The zero-order valence-electron chi connectivity index (χ0n) is 11.8. The van der Waals surface area contributed by atoms with Crippen LogP contribution in [0, 0.1) is 17.3 Å². The molecule has 1 heterocycles. The molecule has 3 unspecified atom stereocenters. The average molecular weight is 248 g/mol. The van der Waals surface area contributed by atoms with Crippen LogP contribution in [0.3, 0.4) is 0 Å². The summed E-state index contributed by atoms with van der Waals surface area (Å²) in [5.41, 5.74) is 0.758. The summed E-state index contributed by atoms with van der Waals surface area (Å²) in [5.74, 6) is 2.48. The minimum Gasteiger partial charge on any atom is -0.319 e. The predicted molar refractivity (Wildman–Crippen MR) is 71.0 cm³/mol. The molecule has 3 rings (SSSR count). The highest BCUT2D eigenvalue weighted by molar-refractivity contribution is 5.15. The lowest BCUT2D eigenvalue weighted by atomic mass is 10.0. The van der Waals surface area contributed by atoms with Crippen LogP contribution in [-0.4, -0.2) is 20.8 Å². The Hall–Kier alpha value is -0.900. The van der Waals surface area contributed by atoms with E-state index in [1.807, 2.05) is 11.6 Å². The summed E-state index contributed by atoms with van der Waals surface area (Å²) in [6.07, 6.45) is 6.14. The van der Waals surface area contributed by atoms with Crippen molar-refractivity contribution in [2.45, 2.75) is 52.1 Å². The summed E-state index contributed by atoms with van der Waals surface area (Å²) in [6, 6.07) is 0.903. The molecule has 18 heavy (non-hydrogen) atoms. The fourth-order valence-electron chi connectivity index (χ4n) is 3.36. The molecule has 1 aromatic heterocycles. The van der Waals surface area contributed by atoms with Gasteiger partial charge in [0.2, 0.25) is 0 Å². The van der Waals surface area contributed by atoms with Crippen LogP contribution in [0.15, 0.2) is 6.33 Å². The summed E-state index contributed by atoms with van der Waals surface area (Å²) >= 11 is 0. The summed E-state index contributed by atoms with van der Waals surface area (Å²) < 4.78 is 2.03. The van der Waals surface area contributed by atoms with Crippen molar-refractivity contribution in [1.82, 2.24) is 20.1 Å². The van der Waals surface area contributed by atoms with Crippen LogP contribution in [-0.2, 0) is 7.05 Å². The van der Waals surface area contributed by atoms with Gasteiger partial charge in [-0.15, -0.1) is 10.2 Å². The van der Waals surface area contributed by atoms with Crippen molar-refractivity contribution in [3.8, 4) is 0 Å². The van der Waals surface area contributed by atoms with E-state index in [9.17, 15) is 0 Å². The van der Waals surface area contributed by atoms with Crippen LogP contribution >= 0.6 is 0 Å². The van der Waals surface area contributed by atoms with E-state index in [0.717, 1.165) is 17.2 Å².